The summed E-state index contributed by atoms with van der Waals surface area (Å²) in [6.45, 7) is 9.72. The molecule has 5 aromatic carbocycles. The zero-order chi connectivity index (χ0) is 50.2. The summed E-state index contributed by atoms with van der Waals surface area (Å²) in [5.41, 5.74) is 6.92. The highest BCUT2D eigenvalue weighted by Gasteiger charge is 2.50. The first-order chi connectivity index (χ1) is 34.4. The fourth-order valence-electron chi connectivity index (χ4n) is 10.4. The van der Waals surface area contributed by atoms with E-state index in [1.807, 2.05) is 93.3 Å². The van der Waals surface area contributed by atoms with E-state index >= 15 is 0 Å². The number of hydrogen-bond acceptors (Lipinski definition) is 8. The Labute approximate surface area is 421 Å². The third-order valence-corrected chi connectivity index (χ3v) is 14.8. The van der Waals surface area contributed by atoms with Crippen molar-refractivity contribution in [1.29, 1.82) is 5.26 Å². The summed E-state index contributed by atoms with van der Waals surface area (Å²) in [4.78, 5) is 56.0. The molecule has 0 unspecified atom stereocenters. The molecule has 8 rings (SSSR count). The highest BCUT2D eigenvalue weighted by atomic mass is 16.6. The van der Waals surface area contributed by atoms with Crippen LogP contribution >= 0.6 is 0 Å². The maximum atomic E-state index is 14.0. The number of nitrogens with zero attached hydrogens (tertiary/aromatic N) is 3. The predicted octanol–water partition coefficient (Wildman–Crippen LogP) is 12.9. The Morgan fingerprint density at radius 2 is 0.901 bits per heavy atom. The maximum Gasteiger partial charge on any atom is 0.313 e. The van der Waals surface area contributed by atoms with Crippen LogP contribution < -0.4 is 9.47 Å². The molecule has 5 aromatic rings. The zero-order valence-corrected chi connectivity index (χ0v) is 42.2. The van der Waals surface area contributed by atoms with Crippen molar-refractivity contribution >= 4 is 23.8 Å². The fourth-order valence-corrected chi connectivity index (χ4v) is 10.4. The molecule has 10 heteroatoms. The Morgan fingerprint density at radius 3 is 1.32 bits per heavy atom. The summed E-state index contributed by atoms with van der Waals surface area (Å²) >= 11 is 0. The summed E-state index contributed by atoms with van der Waals surface area (Å²) in [5.74, 6) is 0.292. The number of rotatable bonds is 24. The van der Waals surface area contributed by atoms with Crippen LogP contribution in [0.3, 0.4) is 0 Å². The van der Waals surface area contributed by atoms with Crippen LogP contribution in [-0.2, 0) is 38.2 Å². The van der Waals surface area contributed by atoms with Crippen LogP contribution in [0.2, 0.25) is 0 Å². The van der Waals surface area contributed by atoms with Crippen LogP contribution in [0.1, 0.15) is 166 Å². The first-order valence-corrected chi connectivity index (χ1v) is 25.8. The van der Waals surface area contributed by atoms with Gasteiger partial charge in [0.15, 0.2) is 0 Å². The van der Waals surface area contributed by atoms with Gasteiger partial charge in [0, 0.05) is 60.3 Å². The number of amides is 2. The molecule has 10 nitrogen and oxygen atoms in total. The number of hydrogen-bond donors (Lipinski definition) is 0. The minimum Gasteiger partial charge on any atom is -0.493 e. The van der Waals surface area contributed by atoms with Gasteiger partial charge in [-0.25, -0.2) is 0 Å². The fraction of sp³-hybridized carbons (Fsp3) is 0.426. The largest absolute Gasteiger partial charge is 0.493 e. The molecule has 2 bridgehead atoms. The van der Waals surface area contributed by atoms with Gasteiger partial charge < -0.3 is 24.0 Å². The summed E-state index contributed by atoms with van der Waals surface area (Å²) in [5, 5.41) is 9.13. The lowest BCUT2D eigenvalue weighted by molar-refractivity contribution is -0.159. The Hall–Kier alpha value is -6.73. The Morgan fingerprint density at radius 1 is 0.507 bits per heavy atom. The number of unbranched alkanes of at least 4 members (excludes halogenated alkanes) is 4. The van der Waals surface area contributed by atoms with Crippen LogP contribution in [0.15, 0.2) is 127 Å². The van der Waals surface area contributed by atoms with Crippen LogP contribution in [0.25, 0.3) is 0 Å². The molecule has 0 aromatic heterocycles. The minimum atomic E-state index is -0.518. The van der Waals surface area contributed by atoms with Crippen LogP contribution in [-0.4, -0.2) is 58.9 Å². The monoisotopic (exact) mass is 958 g/mol. The average molecular weight is 958 g/mol. The van der Waals surface area contributed by atoms with E-state index in [1.165, 1.54) is 49.7 Å². The van der Waals surface area contributed by atoms with E-state index in [4.69, 9.17) is 19.5 Å². The van der Waals surface area contributed by atoms with Gasteiger partial charge in [-0.1, -0.05) is 78.9 Å². The van der Waals surface area contributed by atoms with E-state index in [0.29, 0.717) is 73.4 Å². The SMILES string of the molecule is CC(C)N(Cc1ccccc1OCCCCCC(=O)OC(=O)CCCCCOc1ccccc1CN(C(=O)c1ccc(C23CCC(c4ccccc4)(CC2)CC3)cc1)C(C)C)C(=O)c1ccc(C#N)cc1. The van der Waals surface area contributed by atoms with Crippen molar-refractivity contribution in [2.45, 2.75) is 154 Å². The molecule has 0 aliphatic heterocycles. The van der Waals surface area contributed by atoms with E-state index in [1.54, 1.807) is 29.2 Å². The first kappa shape index (κ1) is 52.1. The van der Waals surface area contributed by atoms with Crippen molar-refractivity contribution in [2.24, 2.45) is 0 Å². The minimum absolute atomic E-state index is 0.00622. The Balaban J connectivity index is 0.773. The molecule has 0 radical (unpaired) electrons. The van der Waals surface area contributed by atoms with Crippen molar-refractivity contribution in [1.82, 2.24) is 9.80 Å². The van der Waals surface area contributed by atoms with Crippen molar-refractivity contribution in [3.05, 3.63) is 166 Å². The molecule has 3 saturated carbocycles. The lowest BCUT2D eigenvalue weighted by Crippen LogP contribution is -2.46. The number of para-hydroxylation sites is 2. The highest BCUT2D eigenvalue weighted by Crippen LogP contribution is 2.58. The van der Waals surface area contributed by atoms with Gasteiger partial charge in [0.25, 0.3) is 11.8 Å². The van der Waals surface area contributed by atoms with Crippen LogP contribution in [0, 0.1) is 11.3 Å². The standard InChI is InChI=1S/C61H71N3O7/c1-45(2)63(58(67)48-28-26-47(42-62)27-29-48)43-50-18-12-14-22-54(50)69-40-16-6-10-24-56(65)71-57(66)25-11-7-17-41-70-55-23-15-13-19-51(55)44-64(46(3)4)59(68)49-30-32-53(33-31-49)61-37-34-60(35-38-61,36-39-61)52-20-8-5-9-21-52/h5,8-9,12-15,18-23,26-33,45-46H,6-7,10-11,16-17,24-25,34-41,43-44H2,1-4H3. The molecule has 0 N–H and O–H groups in total. The van der Waals surface area contributed by atoms with Crippen molar-refractivity contribution < 1.29 is 33.4 Å². The van der Waals surface area contributed by atoms with Gasteiger partial charge in [-0.3, -0.25) is 19.2 Å². The van der Waals surface area contributed by atoms with Gasteiger partial charge in [0.2, 0.25) is 0 Å². The van der Waals surface area contributed by atoms with Gasteiger partial charge in [-0.2, -0.15) is 5.26 Å². The smallest absolute Gasteiger partial charge is 0.313 e. The molecular weight excluding hydrogens is 887 g/mol. The molecule has 0 saturated heterocycles. The highest BCUT2D eigenvalue weighted by molar-refractivity contribution is 5.95. The zero-order valence-electron chi connectivity index (χ0n) is 42.2. The Bertz CT molecular complexity index is 2580. The summed E-state index contributed by atoms with van der Waals surface area (Å²) < 4.78 is 17.5. The quantitative estimate of drug-likeness (QED) is 0.0340. The Kier molecular flexibility index (Phi) is 18.3. The second kappa shape index (κ2) is 24.9. The number of carbonyl (C=O) groups excluding carboxylic acids is 4. The molecule has 3 fully saturated rings. The normalized spacial score (nSPS) is 17.1. The van der Waals surface area contributed by atoms with Crippen molar-refractivity contribution in [2.75, 3.05) is 13.2 Å². The topological polar surface area (TPSA) is 126 Å². The molecular formula is C61H71N3O7. The number of benzene rings is 5. The van der Waals surface area contributed by atoms with E-state index in [2.05, 4.69) is 48.5 Å². The summed E-state index contributed by atoms with van der Waals surface area (Å²) in [6, 6.07) is 43.7. The molecule has 71 heavy (non-hydrogen) atoms. The van der Waals surface area contributed by atoms with Gasteiger partial charge in [0.05, 0.1) is 24.8 Å². The molecule has 2 amide bonds. The van der Waals surface area contributed by atoms with Gasteiger partial charge >= 0.3 is 11.9 Å². The summed E-state index contributed by atoms with van der Waals surface area (Å²) in [7, 11) is 0. The molecule has 0 spiro atoms. The number of nitriles is 1. The van der Waals surface area contributed by atoms with E-state index in [0.717, 1.165) is 36.1 Å². The third kappa shape index (κ3) is 13.6. The molecule has 0 atom stereocenters. The van der Waals surface area contributed by atoms with Gasteiger partial charge in [-0.05, 0) is 175 Å². The lowest BCUT2D eigenvalue weighted by Gasteiger charge is -2.54. The third-order valence-electron chi connectivity index (χ3n) is 14.8. The van der Waals surface area contributed by atoms with Crippen molar-refractivity contribution in [3.63, 3.8) is 0 Å². The predicted molar refractivity (Wildman–Crippen MR) is 277 cm³/mol. The number of ether oxygens (including phenoxy) is 3. The summed E-state index contributed by atoms with van der Waals surface area (Å²) in [6.07, 6.45) is 11.6. The van der Waals surface area contributed by atoms with E-state index < -0.39 is 11.9 Å². The van der Waals surface area contributed by atoms with Crippen LogP contribution in [0.5, 0.6) is 11.5 Å². The van der Waals surface area contributed by atoms with Gasteiger partial charge in [-0.15, -0.1) is 0 Å². The molecule has 3 aliphatic rings. The van der Waals surface area contributed by atoms with E-state index in [9.17, 15) is 19.2 Å². The van der Waals surface area contributed by atoms with Crippen molar-refractivity contribution in [3.8, 4) is 17.6 Å². The van der Waals surface area contributed by atoms with Crippen LogP contribution in [0.4, 0.5) is 0 Å². The number of carbonyl (C=O) groups is 4. The first-order valence-electron chi connectivity index (χ1n) is 25.8. The maximum absolute atomic E-state index is 14.0. The van der Waals surface area contributed by atoms with E-state index in [-0.39, 0.29) is 42.2 Å². The number of fused-ring (bicyclic) bond motifs is 3. The molecule has 3 aliphatic carbocycles. The number of esters is 2. The molecule has 0 heterocycles. The average Bonchev–Trinajstić information content (AvgIpc) is 3.40. The second-order valence-electron chi connectivity index (χ2n) is 20.1. The van der Waals surface area contributed by atoms with Gasteiger partial charge in [0.1, 0.15) is 11.5 Å². The second-order valence-corrected chi connectivity index (χ2v) is 20.1. The lowest BCUT2D eigenvalue weighted by atomic mass is 9.50. The molecule has 372 valence electrons.